The van der Waals surface area contributed by atoms with Gasteiger partial charge in [-0.05, 0) is 36.3 Å². The summed E-state index contributed by atoms with van der Waals surface area (Å²) >= 11 is 0. The lowest BCUT2D eigenvalue weighted by Crippen LogP contribution is -2.38. The summed E-state index contributed by atoms with van der Waals surface area (Å²) in [5.41, 5.74) is 2.76. The average Bonchev–Trinajstić information content (AvgIpc) is 3.15. The Morgan fingerprint density at radius 3 is 2.57 bits per heavy atom. The third kappa shape index (κ3) is 9.56. The first kappa shape index (κ1) is 25.2. The van der Waals surface area contributed by atoms with Crippen molar-refractivity contribution in [3.63, 3.8) is 0 Å². The van der Waals surface area contributed by atoms with Gasteiger partial charge in [0.05, 0.1) is 19.8 Å². The summed E-state index contributed by atoms with van der Waals surface area (Å²) in [6.07, 6.45) is 2.10. The van der Waals surface area contributed by atoms with Gasteiger partial charge in [-0.25, -0.2) is 4.99 Å². The Hall–Kier alpha value is -0.860. The van der Waals surface area contributed by atoms with E-state index in [-0.39, 0.29) is 29.4 Å². The molecule has 0 bridgehead atoms. The van der Waals surface area contributed by atoms with Gasteiger partial charge in [-0.1, -0.05) is 45.0 Å². The maximum atomic E-state index is 5.75. The first-order valence-corrected chi connectivity index (χ1v) is 10.3. The van der Waals surface area contributed by atoms with Crippen LogP contribution in [0.15, 0.2) is 29.3 Å². The molecule has 1 aromatic rings. The molecule has 2 N–H and O–H groups in total. The van der Waals surface area contributed by atoms with Crippen LogP contribution in [-0.2, 0) is 21.4 Å². The van der Waals surface area contributed by atoms with Crippen LogP contribution in [0.5, 0.6) is 0 Å². The third-order valence-corrected chi connectivity index (χ3v) is 4.72. The molecule has 0 aromatic heterocycles. The van der Waals surface area contributed by atoms with Gasteiger partial charge in [-0.15, -0.1) is 24.0 Å². The summed E-state index contributed by atoms with van der Waals surface area (Å²) in [5.74, 6) is 1.45. The fourth-order valence-electron chi connectivity index (χ4n) is 2.97. The van der Waals surface area contributed by atoms with Crippen LogP contribution in [0, 0.1) is 5.92 Å². The van der Waals surface area contributed by atoms with Gasteiger partial charge >= 0.3 is 0 Å². The first-order valence-electron chi connectivity index (χ1n) is 10.3. The van der Waals surface area contributed by atoms with E-state index in [1.54, 1.807) is 0 Å². The lowest BCUT2D eigenvalue weighted by Gasteiger charge is -2.19. The largest absolute Gasteiger partial charge is 0.381 e. The minimum absolute atomic E-state index is 0. The predicted molar refractivity (Wildman–Crippen MR) is 128 cm³/mol. The van der Waals surface area contributed by atoms with Crippen LogP contribution in [-0.4, -0.2) is 45.5 Å². The molecule has 1 heterocycles. The van der Waals surface area contributed by atoms with Crippen LogP contribution in [0.3, 0.4) is 0 Å². The normalized spacial score (nSPS) is 17.3. The summed E-state index contributed by atoms with van der Waals surface area (Å²) in [5, 5.41) is 6.69. The minimum Gasteiger partial charge on any atom is -0.381 e. The molecular weight excluding hydrogens is 465 g/mol. The van der Waals surface area contributed by atoms with Gasteiger partial charge in [0.1, 0.15) is 0 Å². The van der Waals surface area contributed by atoms with Crippen molar-refractivity contribution in [3.05, 3.63) is 35.4 Å². The van der Waals surface area contributed by atoms with E-state index in [0.29, 0.717) is 12.5 Å². The van der Waals surface area contributed by atoms with Crippen LogP contribution in [0.4, 0.5) is 0 Å². The highest BCUT2D eigenvalue weighted by atomic mass is 127. The number of nitrogens with one attached hydrogen (secondary N) is 2. The number of hydrogen-bond donors (Lipinski definition) is 2. The Bertz CT molecular complexity index is 564. The molecule has 5 nitrogen and oxygen atoms in total. The molecule has 0 saturated carbocycles. The van der Waals surface area contributed by atoms with Crippen molar-refractivity contribution in [2.24, 2.45) is 10.9 Å². The number of benzene rings is 1. The van der Waals surface area contributed by atoms with E-state index in [2.05, 4.69) is 62.6 Å². The topological polar surface area (TPSA) is 54.9 Å². The highest BCUT2D eigenvalue weighted by Crippen LogP contribution is 2.22. The molecule has 28 heavy (non-hydrogen) atoms. The van der Waals surface area contributed by atoms with E-state index in [9.17, 15) is 0 Å². The summed E-state index contributed by atoms with van der Waals surface area (Å²) in [7, 11) is 0. The van der Waals surface area contributed by atoms with E-state index < -0.39 is 0 Å². The molecule has 0 radical (unpaired) electrons. The maximum absolute atomic E-state index is 5.75. The molecule has 1 aromatic carbocycles. The quantitative estimate of drug-likeness (QED) is 0.231. The van der Waals surface area contributed by atoms with Crippen molar-refractivity contribution in [3.8, 4) is 0 Å². The first-order chi connectivity index (χ1) is 13.0. The van der Waals surface area contributed by atoms with Crippen LogP contribution in [0.2, 0.25) is 0 Å². The van der Waals surface area contributed by atoms with E-state index in [1.165, 1.54) is 11.1 Å². The minimum atomic E-state index is 0. The molecule has 0 aliphatic carbocycles. The summed E-state index contributed by atoms with van der Waals surface area (Å²) in [4.78, 5) is 4.69. The molecule has 1 saturated heterocycles. The number of guanidine groups is 1. The van der Waals surface area contributed by atoms with E-state index >= 15 is 0 Å². The lowest BCUT2D eigenvalue weighted by molar-refractivity contribution is 0.0888. The molecule has 0 spiro atoms. The van der Waals surface area contributed by atoms with Crippen LogP contribution in [0.1, 0.15) is 51.7 Å². The number of halogens is 1. The number of nitrogens with zero attached hydrogens (tertiary/aromatic N) is 1. The molecule has 1 unspecified atom stereocenters. The number of rotatable bonds is 9. The zero-order valence-electron chi connectivity index (χ0n) is 17.9. The second kappa shape index (κ2) is 13.4. The Balaban J connectivity index is 0.00000392. The van der Waals surface area contributed by atoms with Crippen LogP contribution >= 0.6 is 24.0 Å². The highest BCUT2D eigenvalue weighted by molar-refractivity contribution is 14.0. The molecule has 2 rings (SSSR count). The van der Waals surface area contributed by atoms with Gasteiger partial charge in [0.25, 0.3) is 0 Å². The van der Waals surface area contributed by atoms with E-state index in [4.69, 9.17) is 14.5 Å². The fraction of sp³-hybridized carbons (Fsp3) is 0.682. The molecule has 1 fully saturated rings. The van der Waals surface area contributed by atoms with Crippen LogP contribution in [0.25, 0.3) is 0 Å². The standard InChI is InChI=1S/C22H37N3O2.HI/c1-5-23-21(24-12-6-13-26-16-19-11-14-27-17-19)25-15-18-7-9-20(10-8-18)22(2,3)4;/h7-10,19H,5-6,11-17H2,1-4H3,(H2,23,24,25);1H. The predicted octanol–water partition coefficient (Wildman–Crippen LogP) is 4.10. The fourth-order valence-corrected chi connectivity index (χ4v) is 2.97. The van der Waals surface area contributed by atoms with Crippen molar-refractivity contribution < 1.29 is 9.47 Å². The Labute approximate surface area is 188 Å². The Morgan fingerprint density at radius 2 is 1.96 bits per heavy atom. The van der Waals surface area contributed by atoms with Gasteiger partial charge in [0.15, 0.2) is 5.96 Å². The number of aliphatic imine (C=N–C) groups is 1. The van der Waals surface area contributed by atoms with E-state index in [0.717, 1.165) is 58.3 Å². The van der Waals surface area contributed by atoms with Crippen molar-refractivity contribution >= 4 is 29.9 Å². The summed E-state index contributed by atoms with van der Waals surface area (Å²) in [6, 6.07) is 8.76. The van der Waals surface area contributed by atoms with E-state index in [1.807, 2.05) is 0 Å². The molecule has 0 amide bonds. The smallest absolute Gasteiger partial charge is 0.191 e. The molecular formula is C22H38IN3O2. The zero-order valence-corrected chi connectivity index (χ0v) is 20.3. The zero-order chi connectivity index (χ0) is 19.5. The molecule has 6 heteroatoms. The summed E-state index contributed by atoms with van der Waals surface area (Å²) < 4.78 is 11.1. The summed E-state index contributed by atoms with van der Waals surface area (Å²) in [6.45, 7) is 14.5. The molecule has 1 aliphatic rings. The van der Waals surface area contributed by atoms with Gasteiger partial charge in [0.2, 0.25) is 0 Å². The van der Waals surface area contributed by atoms with Gasteiger partial charge < -0.3 is 20.1 Å². The number of hydrogen-bond acceptors (Lipinski definition) is 3. The van der Waals surface area contributed by atoms with Crippen LogP contribution < -0.4 is 10.6 Å². The molecule has 1 atom stereocenters. The lowest BCUT2D eigenvalue weighted by atomic mass is 9.87. The van der Waals surface area contributed by atoms with Crippen molar-refractivity contribution in [1.29, 1.82) is 0 Å². The second-order valence-corrected chi connectivity index (χ2v) is 8.23. The third-order valence-electron chi connectivity index (χ3n) is 4.72. The average molecular weight is 503 g/mol. The van der Waals surface area contributed by atoms with Gasteiger partial charge in [0, 0.05) is 32.2 Å². The monoisotopic (exact) mass is 503 g/mol. The van der Waals surface area contributed by atoms with Gasteiger partial charge in [-0.3, -0.25) is 0 Å². The van der Waals surface area contributed by atoms with Crippen molar-refractivity contribution in [2.75, 3.05) is 39.5 Å². The Kier molecular flexibility index (Phi) is 12.0. The number of ether oxygens (including phenoxy) is 2. The second-order valence-electron chi connectivity index (χ2n) is 8.23. The van der Waals surface area contributed by atoms with Crippen molar-refractivity contribution in [1.82, 2.24) is 10.6 Å². The molecule has 160 valence electrons. The van der Waals surface area contributed by atoms with Crippen molar-refractivity contribution in [2.45, 2.75) is 52.5 Å². The molecule has 1 aliphatic heterocycles. The van der Waals surface area contributed by atoms with Gasteiger partial charge in [-0.2, -0.15) is 0 Å². The maximum Gasteiger partial charge on any atom is 0.191 e. The Morgan fingerprint density at radius 1 is 1.21 bits per heavy atom. The SMILES string of the molecule is CCNC(=NCc1ccc(C(C)(C)C)cc1)NCCCOCC1CCOC1.I. The highest BCUT2D eigenvalue weighted by Gasteiger charge is 2.15.